The van der Waals surface area contributed by atoms with Gasteiger partial charge in [0, 0.05) is 27.2 Å². The summed E-state index contributed by atoms with van der Waals surface area (Å²) in [6, 6.07) is 6.18. The van der Waals surface area contributed by atoms with Gasteiger partial charge < -0.3 is 4.74 Å². The van der Waals surface area contributed by atoms with Crippen LogP contribution in [0.3, 0.4) is 0 Å². The van der Waals surface area contributed by atoms with Gasteiger partial charge in [-0.05, 0) is 36.7 Å². The summed E-state index contributed by atoms with van der Waals surface area (Å²) in [6.45, 7) is -0.0232. The molecule has 3 nitrogen and oxygen atoms in total. The molecule has 9 heteroatoms. The third kappa shape index (κ3) is 4.35. The lowest BCUT2D eigenvalue weighted by Gasteiger charge is -2.12. The second-order valence-electron chi connectivity index (χ2n) is 3.63. The summed E-state index contributed by atoms with van der Waals surface area (Å²) in [5.41, 5.74) is -3.93. The van der Waals surface area contributed by atoms with Gasteiger partial charge >= 0.3 is 5.51 Å². The van der Waals surface area contributed by atoms with E-state index in [9.17, 15) is 13.2 Å². The summed E-state index contributed by atoms with van der Waals surface area (Å²) in [7, 11) is 0. The Bertz CT molecular complexity index is 604. The average Bonchev–Trinajstić information content (AvgIpc) is 2.72. The van der Waals surface area contributed by atoms with Crippen LogP contribution in [0.2, 0.25) is 0 Å². The van der Waals surface area contributed by atoms with E-state index in [2.05, 4.69) is 33.8 Å². The minimum absolute atomic E-state index is 0.0232. The van der Waals surface area contributed by atoms with Crippen LogP contribution in [0.4, 0.5) is 13.2 Å². The van der Waals surface area contributed by atoms with E-state index in [4.69, 9.17) is 4.74 Å². The maximum absolute atomic E-state index is 12.5. The third-order valence-corrected chi connectivity index (χ3v) is 4.02. The highest BCUT2D eigenvalue weighted by molar-refractivity contribution is 9.10. The van der Waals surface area contributed by atoms with Gasteiger partial charge in [0.25, 0.3) is 0 Å². The van der Waals surface area contributed by atoms with Crippen LogP contribution in [0.25, 0.3) is 0 Å². The first-order valence-electron chi connectivity index (χ1n) is 5.26. The van der Waals surface area contributed by atoms with Crippen LogP contribution in [0.5, 0.6) is 5.88 Å². The van der Waals surface area contributed by atoms with Crippen LogP contribution in [-0.4, -0.2) is 14.7 Å². The van der Waals surface area contributed by atoms with Crippen LogP contribution in [0.1, 0.15) is 5.56 Å². The molecule has 108 valence electrons. The molecule has 0 aliphatic heterocycles. The molecule has 1 aromatic carbocycles. The zero-order chi connectivity index (χ0) is 14.8. The number of aromatic nitrogens is 2. The fourth-order valence-corrected chi connectivity index (χ4v) is 2.88. The summed E-state index contributed by atoms with van der Waals surface area (Å²) in [6.07, 6.45) is 1.56. The number of nitrogens with zero attached hydrogens (tertiary/aromatic N) is 2. The second kappa shape index (κ2) is 6.31. The summed E-state index contributed by atoms with van der Waals surface area (Å²) < 4.78 is 44.7. The molecule has 0 unspecified atom stereocenters. The number of halogens is 4. The standard InChI is InChI=1S/C11H8BrF3N2OS2/c12-8-2-1-3-9(20-11(13,14)15)7(8)6-18-10-4-5-17(19)16-10/h1-5,19H,6H2. The van der Waals surface area contributed by atoms with Gasteiger partial charge in [0.1, 0.15) is 6.61 Å². The Morgan fingerprint density at radius 3 is 2.70 bits per heavy atom. The Balaban J connectivity index is 2.17. The number of benzene rings is 1. The zero-order valence-corrected chi connectivity index (χ0v) is 13.1. The first kappa shape index (κ1) is 15.6. The van der Waals surface area contributed by atoms with Crippen molar-refractivity contribution in [2.24, 2.45) is 0 Å². The largest absolute Gasteiger partial charge is 0.472 e. The fourth-order valence-electron chi connectivity index (χ4n) is 1.42. The Morgan fingerprint density at radius 2 is 2.10 bits per heavy atom. The van der Waals surface area contributed by atoms with E-state index < -0.39 is 5.51 Å². The molecule has 0 bridgehead atoms. The van der Waals surface area contributed by atoms with Gasteiger partial charge in [0.2, 0.25) is 5.88 Å². The van der Waals surface area contributed by atoms with Crippen molar-refractivity contribution in [1.82, 2.24) is 9.19 Å². The Hall–Kier alpha value is -0.800. The Kier molecular flexibility index (Phi) is 4.92. The van der Waals surface area contributed by atoms with Gasteiger partial charge in [-0.2, -0.15) is 13.2 Å². The Morgan fingerprint density at radius 1 is 1.35 bits per heavy atom. The monoisotopic (exact) mass is 384 g/mol. The van der Waals surface area contributed by atoms with Gasteiger partial charge in [0.05, 0.1) is 0 Å². The van der Waals surface area contributed by atoms with Crippen molar-refractivity contribution in [1.29, 1.82) is 0 Å². The number of hydrogen-bond acceptors (Lipinski definition) is 4. The van der Waals surface area contributed by atoms with Crippen molar-refractivity contribution in [3.05, 3.63) is 40.5 Å². The molecule has 2 aromatic rings. The maximum atomic E-state index is 12.5. The zero-order valence-electron chi connectivity index (χ0n) is 9.76. The van der Waals surface area contributed by atoms with Gasteiger partial charge in [-0.3, -0.25) is 0 Å². The van der Waals surface area contributed by atoms with Crippen LogP contribution in [0.15, 0.2) is 39.8 Å². The van der Waals surface area contributed by atoms with Crippen molar-refractivity contribution >= 4 is 40.5 Å². The topological polar surface area (TPSA) is 27.1 Å². The molecule has 0 saturated carbocycles. The van der Waals surface area contributed by atoms with Gasteiger partial charge in [0.15, 0.2) is 0 Å². The summed E-state index contributed by atoms with van der Waals surface area (Å²) in [5.74, 6) is 0.290. The van der Waals surface area contributed by atoms with E-state index >= 15 is 0 Å². The van der Waals surface area contributed by atoms with E-state index in [-0.39, 0.29) is 23.3 Å². The molecule has 0 saturated heterocycles. The molecule has 0 atom stereocenters. The normalized spacial score (nSPS) is 11.7. The molecule has 2 rings (SSSR count). The predicted octanol–water partition coefficient (Wildman–Crippen LogP) is 4.53. The molecule has 0 aliphatic rings. The van der Waals surface area contributed by atoms with Crippen LogP contribution in [-0.2, 0) is 6.61 Å². The highest BCUT2D eigenvalue weighted by atomic mass is 79.9. The molecule has 0 amide bonds. The van der Waals surface area contributed by atoms with E-state index in [1.54, 1.807) is 24.4 Å². The van der Waals surface area contributed by atoms with E-state index in [1.807, 2.05) is 0 Å². The fraction of sp³-hybridized carbons (Fsp3) is 0.182. The molecule has 0 N–H and O–H groups in total. The van der Waals surface area contributed by atoms with E-state index in [1.165, 1.54) is 10.2 Å². The van der Waals surface area contributed by atoms with Crippen LogP contribution >= 0.6 is 40.5 Å². The molecular formula is C11H8BrF3N2OS2. The lowest BCUT2D eigenvalue weighted by Crippen LogP contribution is -2.04. The molecule has 0 fully saturated rings. The summed E-state index contributed by atoms with van der Waals surface area (Å²) >= 11 is 7.01. The lowest BCUT2D eigenvalue weighted by atomic mass is 10.2. The maximum Gasteiger partial charge on any atom is 0.446 e. The van der Waals surface area contributed by atoms with E-state index in [0.29, 0.717) is 15.9 Å². The lowest BCUT2D eigenvalue weighted by molar-refractivity contribution is -0.0328. The number of rotatable bonds is 4. The molecule has 1 heterocycles. The summed E-state index contributed by atoms with van der Waals surface area (Å²) in [4.78, 5) is 0.0946. The molecule has 1 aromatic heterocycles. The van der Waals surface area contributed by atoms with Crippen molar-refractivity contribution < 1.29 is 17.9 Å². The van der Waals surface area contributed by atoms with Gasteiger partial charge in [-0.1, -0.05) is 22.0 Å². The quantitative estimate of drug-likeness (QED) is 0.619. The highest BCUT2D eigenvalue weighted by Crippen LogP contribution is 2.40. The summed E-state index contributed by atoms with van der Waals surface area (Å²) in [5, 5.41) is 3.87. The molecule has 20 heavy (non-hydrogen) atoms. The van der Waals surface area contributed by atoms with Crippen molar-refractivity contribution in [2.75, 3.05) is 0 Å². The van der Waals surface area contributed by atoms with Crippen molar-refractivity contribution in [2.45, 2.75) is 17.0 Å². The second-order valence-corrected chi connectivity index (χ2v) is 6.00. The predicted molar refractivity (Wildman–Crippen MR) is 77.0 cm³/mol. The van der Waals surface area contributed by atoms with Crippen LogP contribution < -0.4 is 4.74 Å². The SMILES string of the molecule is FC(F)(F)Sc1cccc(Br)c1COc1ccn(S)n1. The van der Waals surface area contributed by atoms with Gasteiger partial charge in [-0.15, -0.1) is 5.10 Å². The molecular weight excluding hydrogens is 377 g/mol. The number of thioether (sulfide) groups is 1. The number of hydrogen-bond donors (Lipinski definition) is 1. The minimum Gasteiger partial charge on any atom is -0.472 e. The Labute approximate surface area is 131 Å². The van der Waals surface area contributed by atoms with Crippen molar-refractivity contribution in [3.8, 4) is 5.88 Å². The molecule has 0 aliphatic carbocycles. The van der Waals surface area contributed by atoms with Crippen molar-refractivity contribution in [3.63, 3.8) is 0 Å². The number of ether oxygens (including phenoxy) is 1. The molecule has 0 spiro atoms. The smallest absolute Gasteiger partial charge is 0.446 e. The third-order valence-electron chi connectivity index (χ3n) is 2.22. The number of alkyl halides is 3. The first-order chi connectivity index (χ1) is 9.35. The van der Waals surface area contributed by atoms with E-state index in [0.717, 1.165) is 0 Å². The van der Waals surface area contributed by atoms with Gasteiger partial charge in [-0.25, -0.2) is 4.09 Å². The average molecular weight is 385 g/mol. The van der Waals surface area contributed by atoms with Crippen LogP contribution in [0, 0.1) is 0 Å². The highest BCUT2D eigenvalue weighted by Gasteiger charge is 2.30. The minimum atomic E-state index is -4.35. The first-order valence-corrected chi connectivity index (χ1v) is 7.27. The molecule has 0 radical (unpaired) electrons. The number of thiol groups is 1.